The first-order chi connectivity index (χ1) is 10.8. The largest absolute Gasteiger partial charge is 0.480 e. The third-order valence-corrected chi connectivity index (χ3v) is 3.37. The van der Waals surface area contributed by atoms with Crippen LogP contribution in [0.2, 0.25) is 0 Å². The third-order valence-electron chi connectivity index (χ3n) is 3.09. The molecule has 108 valence electrons. The third kappa shape index (κ3) is 2.75. The smallest absolute Gasteiger partial charge is 0.216 e. The molecular weight excluding hydrogens is 296 g/mol. The summed E-state index contributed by atoms with van der Waals surface area (Å²) >= 11 is 5.07. The molecule has 0 aliphatic heterocycles. The second kappa shape index (κ2) is 6.24. The van der Waals surface area contributed by atoms with Gasteiger partial charge in [0.05, 0.1) is 6.21 Å². The van der Waals surface area contributed by atoms with E-state index in [9.17, 15) is 0 Å². The zero-order chi connectivity index (χ0) is 15.4. The van der Waals surface area contributed by atoms with Gasteiger partial charge in [-0.15, -0.1) is 6.42 Å². The topological polar surface area (TPSA) is 55.2 Å². The molecule has 1 N–H and O–H groups in total. The number of aromatic amines is 1. The summed E-state index contributed by atoms with van der Waals surface area (Å²) < 4.78 is 7.50. The van der Waals surface area contributed by atoms with Crippen LogP contribution in [0.1, 0.15) is 5.56 Å². The molecule has 0 saturated carbocycles. The maximum Gasteiger partial charge on any atom is 0.216 e. The molecule has 0 radical (unpaired) electrons. The van der Waals surface area contributed by atoms with Gasteiger partial charge in [-0.1, -0.05) is 36.3 Å². The van der Waals surface area contributed by atoms with Crippen molar-refractivity contribution in [2.75, 3.05) is 6.61 Å². The molecule has 0 aliphatic rings. The fourth-order valence-corrected chi connectivity index (χ4v) is 2.25. The zero-order valence-electron chi connectivity index (χ0n) is 11.6. The molecule has 3 aromatic rings. The normalized spacial score (nSPS) is 10.9. The van der Waals surface area contributed by atoms with E-state index in [4.69, 9.17) is 23.4 Å². The highest BCUT2D eigenvalue weighted by Gasteiger charge is 2.07. The van der Waals surface area contributed by atoms with Crippen molar-refractivity contribution in [3.8, 4) is 18.1 Å². The Morgan fingerprint density at radius 1 is 1.36 bits per heavy atom. The van der Waals surface area contributed by atoms with E-state index in [1.54, 1.807) is 6.21 Å². The fraction of sp³-hybridized carbons (Fsp3) is 0.0625. The maximum absolute atomic E-state index is 5.61. The number of hydrogen-bond donors (Lipinski definition) is 1. The van der Waals surface area contributed by atoms with Crippen molar-refractivity contribution < 1.29 is 4.74 Å². The van der Waals surface area contributed by atoms with E-state index in [2.05, 4.69) is 21.2 Å². The Kier molecular flexibility index (Phi) is 3.99. The first kappa shape index (κ1) is 14.0. The average molecular weight is 308 g/mol. The molecule has 5 nitrogen and oxygen atoms in total. The summed E-state index contributed by atoms with van der Waals surface area (Å²) in [4.78, 5) is 0. The molecule has 0 bridgehead atoms. The summed E-state index contributed by atoms with van der Waals surface area (Å²) in [6, 6.07) is 11.9. The number of nitrogens with zero attached hydrogens (tertiary/aromatic N) is 3. The maximum atomic E-state index is 5.61. The minimum absolute atomic E-state index is 0.199. The molecule has 0 amide bonds. The number of ether oxygens (including phenoxy) is 1. The quantitative estimate of drug-likeness (QED) is 0.458. The molecule has 6 heteroatoms. The van der Waals surface area contributed by atoms with Crippen LogP contribution in [-0.2, 0) is 0 Å². The highest BCUT2D eigenvalue weighted by Crippen LogP contribution is 2.26. The van der Waals surface area contributed by atoms with Crippen molar-refractivity contribution in [2.24, 2.45) is 5.10 Å². The zero-order valence-corrected chi connectivity index (χ0v) is 12.4. The minimum atomic E-state index is 0.199. The van der Waals surface area contributed by atoms with Gasteiger partial charge in [-0.3, -0.25) is 5.10 Å². The lowest BCUT2D eigenvalue weighted by Gasteiger charge is -2.09. The van der Waals surface area contributed by atoms with Gasteiger partial charge in [0.1, 0.15) is 18.7 Å². The summed E-state index contributed by atoms with van der Waals surface area (Å²) in [5, 5.41) is 12.9. The number of H-pyrrole nitrogens is 1. The summed E-state index contributed by atoms with van der Waals surface area (Å²) in [6.45, 7) is 0.199. The number of aromatic nitrogens is 3. The molecule has 0 fully saturated rings. The van der Waals surface area contributed by atoms with Crippen molar-refractivity contribution in [3.05, 3.63) is 53.1 Å². The van der Waals surface area contributed by atoms with Gasteiger partial charge in [-0.05, 0) is 29.1 Å². The molecule has 3 rings (SSSR count). The molecule has 0 spiro atoms. The van der Waals surface area contributed by atoms with Crippen LogP contribution < -0.4 is 4.74 Å². The number of terminal acetylenes is 1. The van der Waals surface area contributed by atoms with E-state index < -0.39 is 0 Å². The Labute approximate surface area is 132 Å². The first-order valence-electron chi connectivity index (χ1n) is 6.54. The van der Waals surface area contributed by atoms with Crippen LogP contribution in [0.15, 0.2) is 47.8 Å². The first-order valence-corrected chi connectivity index (χ1v) is 6.95. The molecule has 0 unspecified atom stereocenters. The number of fused-ring (bicyclic) bond motifs is 1. The van der Waals surface area contributed by atoms with E-state index in [-0.39, 0.29) is 6.61 Å². The van der Waals surface area contributed by atoms with E-state index in [0.717, 1.165) is 16.3 Å². The predicted molar refractivity (Wildman–Crippen MR) is 88.7 cm³/mol. The number of benzene rings is 2. The molecule has 1 aromatic heterocycles. The lowest BCUT2D eigenvalue weighted by atomic mass is 10.0. The summed E-state index contributed by atoms with van der Waals surface area (Å²) in [5.41, 5.74) is 0.844. The van der Waals surface area contributed by atoms with Gasteiger partial charge >= 0.3 is 0 Å². The average Bonchev–Trinajstić information content (AvgIpc) is 2.96. The highest BCUT2D eigenvalue weighted by atomic mass is 32.1. The van der Waals surface area contributed by atoms with Crippen molar-refractivity contribution in [1.82, 2.24) is 14.9 Å². The van der Waals surface area contributed by atoms with Gasteiger partial charge in [0.15, 0.2) is 0 Å². The molecule has 0 saturated heterocycles. The Bertz CT molecular complexity index is 933. The van der Waals surface area contributed by atoms with Crippen LogP contribution in [0.3, 0.4) is 0 Å². The molecule has 0 atom stereocenters. The van der Waals surface area contributed by atoms with Crippen molar-refractivity contribution in [2.45, 2.75) is 0 Å². The lowest BCUT2D eigenvalue weighted by Crippen LogP contribution is -1.99. The van der Waals surface area contributed by atoms with Gasteiger partial charge in [0.2, 0.25) is 4.77 Å². The molecule has 22 heavy (non-hydrogen) atoms. The Balaban J connectivity index is 2.12. The van der Waals surface area contributed by atoms with Crippen LogP contribution in [0.5, 0.6) is 5.75 Å². The van der Waals surface area contributed by atoms with E-state index in [1.165, 1.54) is 11.0 Å². The predicted octanol–water partition coefficient (Wildman–Crippen LogP) is 2.99. The van der Waals surface area contributed by atoms with Gasteiger partial charge in [0, 0.05) is 5.56 Å². The van der Waals surface area contributed by atoms with Crippen LogP contribution in [0.25, 0.3) is 10.8 Å². The van der Waals surface area contributed by atoms with Crippen LogP contribution in [-0.4, -0.2) is 27.7 Å². The monoisotopic (exact) mass is 308 g/mol. The van der Waals surface area contributed by atoms with Crippen molar-refractivity contribution in [3.63, 3.8) is 0 Å². The molecule has 0 aliphatic carbocycles. The van der Waals surface area contributed by atoms with Gasteiger partial charge in [0.25, 0.3) is 0 Å². The molecular formula is C16H12N4OS. The molecule has 2 aromatic carbocycles. The van der Waals surface area contributed by atoms with Gasteiger partial charge in [-0.25, -0.2) is 0 Å². The standard InChI is InChI=1S/C16H12N4OS/c1-2-9-21-15-8-7-12-5-3-4-6-13(12)14(15)10-18-20-11-17-19-16(20)22/h1,3-8,10-11H,9H2,(H,19,22)/b18-10-. The fourth-order valence-electron chi connectivity index (χ4n) is 2.10. The molecule has 1 heterocycles. The van der Waals surface area contributed by atoms with Crippen LogP contribution in [0.4, 0.5) is 0 Å². The second-order valence-electron chi connectivity index (χ2n) is 4.44. The van der Waals surface area contributed by atoms with Gasteiger partial charge in [-0.2, -0.15) is 14.9 Å². The van der Waals surface area contributed by atoms with Crippen molar-refractivity contribution in [1.29, 1.82) is 0 Å². The second-order valence-corrected chi connectivity index (χ2v) is 4.83. The minimum Gasteiger partial charge on any atom is -0.480 e. The van der Waals surface area contributed by atoms with E-state index in [1.807, 2.05) is 36.4 Å². The SMILES string of the molecule is C#CCOc1ccc2ccccc2c1/C=N\n1cn[nH]c1=S. The van der Waals surface area contributed by atoms with E-state index in [0.29, 0.717) is 10.5 Å². The Hall–Kier alpha value is -2.91. The number of rotatable bonds is 4. The van der Waals surface area contributed by atoms with Crippen molar-refractivity contribution >= 4 is 29.2 Å². The summed E-state index contributed by atoms with van der Waals surface area (Å²) in [7, 11) is 0. The number of nitrogens with one attached hydrogen (secondary N) is 1. The highest BCUT2D eigenvalue weighted by molar-refractivity contribution is 7.71. The van der Waals surface area contributed by atoms with E-state index >= 15 is 0 Å². The lowest BCUT2D eigenvalue weighted by molar-refractivity contribution is 0.370. The Morgan fingerprint density at radius 3 is 3.00 bits per heavy atom. The number of hydrogen-bond acceptors (Lipinski definition) is 4. The van der Waals surface area contributed by atoms with Gasteiger partial charge < -0.3 is 4.74 Å². The van der Waals surface area contributed by atoms with Crippen LogP contribution in [0, 0.1) is 17.1 Å². The summed E-state index contributed by atoms with van der Waals surface area (Å²) in [6.07, 6.45) is 8.47. The van der Waals surface area contributed by atoms with Crippen LogP contribution >= 0.6 is 12.2 Å². The Morgan fingerprint density at radius 2 is 2.23 bits per heavy atom. The summed E-state index contributed by atoms with van der Waals surface area (Å²) in [5.74, 6) is 3.14.